The van der Waals surface area contributed by atoms with E-state index in [1.807, 2.05) is 45.7 Å². The highest BCUT2D eigenvalue weighted by molar-refractivity contribution is 8.03. The molecule has 0 saturated heterocycles. The molecule has 0 saturated carbocycles. The van der Waals surface area contributed by atoms with Crippen molar-refractivity contribution in [3.8, 4) is 0 Å². The molecule has 90 valence electrons. The van der Waals surface area contributed by atoms with E-state index in [1.165, 1.54) is 6.42 Å². The van der Waals surface area contributed by atoms with Crippen LogP contribution in [-0.2, 0) is 0 Å². The minimum atomic E-state index is 0.480. The maximum absolute atomic E-state index is 3.23. The summed E-state index contributed by atoms with van der Waals surface area (Å²) in [5.41, 5.74) is 0. The van der Waals surface area contributed by atoms with Crippen molar-refractivity contribution in [3.63, 3.8) is 0 Å². The van der Waals surface area contributed by atoms with Gasteiger partial charge >= 0.3 is 0 Å². The second-order valence-corrected chi connectivity index (χ2v) is 4.14. The minimum absolute atomic E-state index is 0.480. The second-order valence-electron chi connectivity index (χ2n) is 3.08. The van der Waals surface area contributed by atoms with Crippen molar-refractivity contribution in [1.29, 1.82) is 0 Å². The molecule has 15 heavy (non-hydrogen) atoms. The van der Waals surface area contributed by atoms with Crippen LogP contribution in [-0.4, -0.2) is 5.37 Å². The van der Waals surface area contributed by atoms with E-state index in [4.69, 9.17) is 0 Å². The lowest BCUT2D eigenvalue weighted by atomic mass is 10.1. The molecule has 1 aliphatic heterocycles. The van der Waals surface area contributed by atoms with Crippen LogP contribution in [0.2, 0.25) is 0 Å². The molecule has 0 fully saturated rings. The molecule has 1 rings (SSSR count). The SMILES string of the molecule is CC.CC.CC(C)C/C=C/C1NC=CS1. The van der Waals surface area contributed by atoms with Crippen molar-refractivity contribution in [2.75, 3.05) is 0 Å². The molecule has 1 N–H and O–H groups in total. The molecule has 0 radical (unpaired) electrons. The van der Waals surface area contributed by atoms with E-state index in [0.29, 0.717) is 5.37 Å². The largest absolute Gasteiger partial charge is 0.375 e. The van der Waals surface area contributed by atoms with Crippen LogP contribution in [0.15, 0.2) is 23.8 Å². The molecule has 0 aromatic heterocycles. The third kappa shape index (κ3) is 11.6. The number of rotatable bonds is 3. The molecule has 1 heterocycles. The van der Waals surface area contributed by atoms with Gasteiger partial charge in [-0.05, 0) is 17.7 Å². The molecule has 0 spiro atoms. The number of hydrogen-bond donors (Lipinski definition) is 1. The summed E-state index contributed by atoms with van der Waals surface area (Å²) < 4.78 is 0. The van der Waals surface area contributed by atoms with Gasteiger partial charge in [0, 0.05) is 6.20 Å². The number of hydrogen-bond acceptors (Lipinski definition) is 2. The minimum Gasteiger partial charge on any atom is -0.375 e. The Labute approximate surface area is 100 Å². The highest BCUT2D eigenvalue weighted by atomic mass is 32.2. The van der Waals surface area contributed by atoms with Gasteiger partial charge in [0.25, 0.3) is 0 Å². The van der Waals surface area contributed by atoms with E-state index < -0.39 is 0 Å². The smallest absolute Gasteiger partial charge is 0.0946 e. The van der Waals surface area contributed by atoms with Crippen molar-refractivity contribution in [1.82, 2.24) is 5.32 Å². The Kier molecular flexibility index (Phi) is 15.5. The van der Waals surface area contributed by atoms with Crippen molar-refractivity contribution >= 4 is 11.8 Å². The average Bonchev–Trinajstić information content (AvgIpc) is 2.76. The molecule has 0 aliphatic carbocycles. The maximum atomic E-state index is 3.23. The summed E-state index contributed by atoms with van der Waals surface area (Å²) in [4.78, 5) is 0. The number of thioether (sulfide) groups is 1. The van der Waals surface area contributed by atoms with Gasteiger partial charge in [-0.25, -0.2) is 0 Å². The topological polar surface area (TPSA) is 12.0 Å². The Hall–Kier alpha value is -0.370. The zero-order chi connectivity index (χ0) is 12.1. The van der Waals surface area contributed by atoms with E-state index in [1.54, 1.807) is 0 Å². The fourth-order valence-corrected chi connectivity index (χ4v) is 1.56. The Morgan fingerprint density at radius 3 is 2.27 bits per heavy atom. The summed E-state index contributed by atoms with van der Waals surface area (Å²) in [6.07, 6.45) is 7.65. The van der Waals surface area contributed by atoms with Gasteiger partial charge in [-0.15, -0.1) is 11.8 Å². The van der Waals surface area contributed by atoms with Crippen molar-refractivity contribution in [2.45, 2.75) is 53.3 Å². The van der Waals surface area contributed by atoms with Gasteiger partial charge in [-0.3, -0.25) is 0 Å². The van der Waals surface area contributed by atoms with Crippen LogP contribution < -0.4 is 5.32 Å². The van der Waals surface area contributed by atoms with Crippen molar-refractivity contribution in [3.05, 3.63) is 23.8 Å². The zero-order valence-electron chi connectivity index (χ0n) is 11.1. The maximum Gasteiger partial charge on any atom is 0.0946 e. The van der Waals surface area contributed by atoms with Gasteiger partial charge in [0.05, 0.1) is 5.37 Å². The second kappa shape index (κ2) is 13.6. The molecule has 1 unspecified atom stereocenters. The Morgan fingerprint density at radius 1 is 1.27 bits per heavy atom. The Bertz CT molecular complexity index is 154. The van der Waals surface area contributed by atoms with E-state index in [0.717, 1.165) is 5.92 Å². The van der Waals surface area contributed by atoms with Gasteiger partial charge in [0.2, 0.25) is 0 Å². The lowest BCUT2D eigenvalue weighted by molar-refractivity contribution is 0.662. The van der Waals surface area contributed by atoms with Crippen LogP contribution in [0.5, 0.6) is 0 Å². The van der Waals surface area contributed by atoms with E-state index in [2.05, 4.69) is 36.7 Å². The molecule has 0 aromatic rings. The van der Waals surface area contributed by atoms with Crippen LogP contribution >= 0.6 is 11.8 Å². The number of nitrogens with one attached hydrogen (secondary N) is 1. The fraction of sp³-hybridized carbons (Fsp3) is 0.692. The van der Waals surface area contributed by atoms with Crippen LogP contribution in [0.4, 0.5) is 0 Å². The van der Waals surface area contributed by atoms with Crippen molar-refractivity contribution in [2.24, 2.45) is 5.92 Å². The van der Waals surface area contributed by atoms with Gasteiger partial charge < -0.3 is 5.32 Å². The van der Waals surface area contributed by atoms with Crippen LogP contribution in [0.25, 0.3) is 0 Å². The third-order valence-corrected chi connectivity index (χ3v) is 2.35. The highest BCUT2D eigenvalue weighted by Crippen LogP contribution is 2.16. The predicted molar refractivity (Wildman–Crippen MR) is 74.9 cm³/mol. The predicted octanol–water partition coefficient (Wildman–Crippen LogP) is 4.77. The molecule has 2 heteroatoms. The van der Waals surface area contributed by atoms with Gasteiger partial charge in [-0.1, -0.05) is 53.7 Å². The fourth-order valence-electron chi connectivity index (χ4n) is 0.873. The van der Waals surface area contributed by atoms with Gasteiger partial charge in [-0.2, -0.15) is 0 Å². The molecule has 0 aromatic carbocycles. The van der Waals surface area contributed by atoms with E-state index in [9.17, 15) is 0 Å². The zero-order valence-corrected chi connectivity index (χ0v) is 11.9. The third-order valence-electron chi connectivity index (χ3n) is 1.47. The molecular weight excluding hydrogens is 202 g/mol. The normalized spacial score (nSPS) is 17.9. The average molecular weight is 229 g/mol. The monoisotopic (exact) mass is 229 g/mol. The molecular formula is C13H27NS. The summed E-state index contributed by atoms with van der Waals surface area (Å²) in [5.74, 6) is 0.769. The summed E-state index contributed by atoms with van der Waals surface area (Å²) in [5, 5.41) is 5.79. The summed E-state index contributed by atoms with van der Waals surface area (Å²) >= 11 is 1.82. The van der Waals surface area contributed by atoms with Crippen LogP contribution in [0.1, 0.15) is 48.0 Å². The van der Waals surface area contributed by atoms with Crippen molar-refractivity contribution < 1.29 is 0 Å². The highest BCUT2D eigenvalue weighted by Gasteiger charge is 2.03. The van der Waals surface area contributed by atoms with E-state index in [-0.39, 0.29) is 0 Å². The summed E-state index contributed by atoms with van der Waals surface area (Å²) in [6, 6.07) is 0. The quantitative estimate of drug-likeness (QED) is 0.699. The first-order valence-electron chi connectivity index (χ1n) is 6.02. The lowest BCUT2D eigenvalue weighted by Crippen LogP contribution is -2.11. The van der Waals surface area contributed by atoms with Gasteiger partial charge in [0.1, 0.15) is 0 Å². The first kappa shape index (κ1) is 17.0. The number of allylic oxidation sites excluding steroid dienone is 1. The molecule has 0 bridgehead atoms. The Balaban J connectivity index is 0. The Morgan fingerprint density at radius 2 is 1.87 bits per heavy atom. The summed E-state index contributed by atoms with van der Waals surface area (Å²) in [7, 11) is 0. The standard InChI is InChI=1S/C9H15NS.2C2H6/c1-8(2)4-3-5-9-10-6-7-11-9;2*1-2/h3,5-10H,4H2,1-2H3;2*1-2H3/b5-3+;;. The molecule has 0 amide bonds. The molecule has 1 atom stereocenters. The summed E-state index contributed by atoms with van der Waals surface area (Å²) in [6.45, 7) is 12.5. The van der Waals surface area contributed by atoms with Crippen LogP contribution in [0.3, 0.4) is 0 Å². The first-order chi connectivity index (χ1) is 7.29. The molecule has 1 aliphatic rings. The van der Waals surface area contributed by atoms with E-state index >= 15 is 0 Å². The first-order valence-corrected chi connectivity index (χ1v) is 6.96. The lowest BCUT2D eigenvalue weighted by Gasteiger charge is -2.03. The van der Waals surface area contributed by atoms with Crippen LogP contribution in [0, 0.1) is 5.92 Å². The van der Waals surface area contributed by atoms with Gasteiger partial charge in [0.15, 0.2) is 0 Å². The molecule has 1 nitrogen and oxygen atoms in total.